The third kappa shape index (κ3) is 3.45. The molecule has 0 unspecified atom stereocenters. The normalized spacial score (nSPS) is 18.2. The number of hydrogen-bond acceptors (Lipinski definition) is 5. The van der Waals surface area contributed by atoms with Crippen molar-refractivity contribution in [1.29, 1.82) is 0 Å². The highest BCUT2D eigenvalue weighted by Crippen LogP contribution is 2.12. The molecule has 2 heterocycles. The number of likely N-dealkylation sites (tertiary alicyclic amines) is 1. The van der Waals surface area contributed by atoms with Crippen LogP contribution in [0.4, 0.5) is 5.69 Å². The highest BCUT2D eigenvalue weighted by Gasteiger charge is 2.20. The molecule has 6 heteroatoms. The molecule has 2 N–H and O–H groups in total. The van der Waals surface area contributed by atoms with Crippen LogP contribution in [0.15, 0.2) is 12.4 Å². The van der Waals surface area contributed by atoms with Crippen LogP contribution in [0, 0.1) is 0 Å². The summed E-state index contributed by atoms with van der Waals surface area (Å²) < 4.78 is 6.88. The van der Waals surface area contributed by atoms with Crippen molar-refractivity contribution in [2.45, 2.75) is 25.5 Å². The minimum atomic E-state index is -0.248. The SMILES string of the molecule is CN1CCC(OC(=O)Cn2cc(N)cn2)CC1. The van der Waals surface area contributed by atoms with E-state index in [0.717, 1.165) is 25.9 Å². The highest BCUT2D eigenvalue weighted by atomic mass is 16.5. The van der Waals surface area contributed by atoms with Gasteiger partial charge in [0.1, 0.15) is 12.6 Å². The van der Waals surface area contributed by atoms with Gasteiger partial charge in [-0.15, -0.1) is 0 Å². The van der Waals surface area contributed by atoms with Crippen LogP contribution >= 0.6 is 0 Å². The van der Waals surface area contributed by atoms with Gasteiger partial charge in [0.05, 0.1) is 11.9 Å². The van der Waals surface area contributed by atoms with Crippen molar-refractivity contribution in [3.05, 3.63) is 12.4 Å². The number of ether oxygens (including phenoxy) is 1. The van der Waals surface area contributed by atoms with E-state index in [1.54, 1.807) is 6.20 Å². The van der Waals surface area contributed by atoms with Crippen LogP contribution in [0.25, 0.3) is 0 Å². The highest BCUT2D eigenvalue weighted by molar-refractivity contribution is 5.69. The summed E-state index contributed by atoms with van der Waals surface area (Å²) in [5, 5.41) is 3.94. The minimum absolute atomic E-state index is 0.0478. The van der Waals surface area contributed by atoms with Gasteiger partial charge < -0.3 is 15.4 Å². The number of nitrogens with zero attached hydrogens (tertiary/aromatic N) is 3. The molecule has 0 saturated carbocycles. The van der Waals surface area contributed by atoms with Crippen LogP contribution in [-0.2, 0) is 16.1 Å². The van der Waals surface area contributed by atoms with Crippen molar-refractivity contribution in [2.75, 3.05) is 25.9 Å². The Morgan fingerprint density at radius 1 is 1.59 bits per heavy atom. The first-order valence-electron chi connectivity index (χ1n) is 5.79. The first-order chi connectivity index (χ1) is 8.13. The van der Waals surface area contributed by atoms with E-state index in [0.29, 0.717) is 5.69 Å². The Morgan fingerprint density at radius 2 is 2.29 bits per heavy atom. The Kier molecular flexibility index (Phi) is 3.63. The predicted molar refractivity (Wildman–Crippen MR) is 63.3 cm³/mol. The number of anilines is 1. The molecule has 6 nitrogen and oxygen atoms in total. The number of nitrogens with two attached hydrogens (primary N) is 1. The largest absolute Gasteiger partial charge is 0.461 e. The lowest BCUT2D eigenvalue weighted by Gasteiger charge is -2.28. The lowest BCUT2D eigenvalue weighted by molar-refractivity contribution is -0.152. The second kappa shape index (κ2) is 5.18. The van der Waals surface area contributed by atoms with Gasteiger partial charge in [-0.25, -0.2) is 0 Å². The third-order valence-corrected chi connectivity index (χ3v) is 2.91. The smallest absolute Gasteiger partial charge is 0.328 e. The van der Waals surface area contributed by atoms with Gasteiger partial charge in [0.25, 0.3) is 0 Å². The fraction of sp³-hybridized carbons (Fsp3) is 0.636. The van der Waals surface area contributed by atoms with E-state index in [-0.39, 0.29) is 18.6 Å². The number of hydrogen-bond donors (Lipinski definition) is 1. The number of carbonyl (C=O) groups is 1. The maximum atomic E-state index is 11.6. The summed E-state index contributed by atoms with van der Waals surface area (Å²) in [5.41, 5.74) is 6.07. The molecule has 0 bridgehead atoms. The Balaban J connectivity index is 1.77. The standard InChI is InChI=1S/C11H18N4O2/c1-14-4-2-10(3-5-14)17-11(16)8-15-7-9(12)6-13-15/h6-7,10H,2-5,8,12H2,1H3. The minimum Gasteiger partial charge on any atom is -0.461 e. The molecule has 1 aromatic heterocycles. The van der Waals surface area contributed by atoms with Gasteiger partial charge in [0.2, 0.25) is 0 Å². The van der Waals surface area contributed by atoms with Crippen LogP contribution in [0.3, 0.4) is 0 Å². The summed E-state index contributed by atoms with van der Waals surface area (Å²) in [6.45, 7) is 2.09. The lowest BCUT2D eigenvalue weighted by Crippen LogP contribution is -2.35. The summed E-state index contributed by atoms with van der Waals surface area (Å²) in [6.07, 6.45) is 5.00. The quantitative estimate of drug-likeness (QED) is 0.756. The van der Waals surface area contributed by atoms with Crippen molar-refractivity contribution in [3.63, 3.8) is 0 Å². The number of piperidine rings is 1. The van der Waals surface area contributed by atoms with E-state index in [9.17, 15) is 4.79 Å². The maximum absolute atomic E-state index is 11.6. The maximum Gasteiger partial charge on any atom is 0.328 e. The zero-order chi connectivity index (χ0) is 12.3. The number of nitrogen functional groups attached to an aromatic ring is 1. The zero-order valence-corrected chi connectivity index (χ0v) is 10.0. The molecule has 1 aromatic rings. The fourth-order valence-corrected chi connectivity index (χ4v) is 1.92. The van der Waals surface area contributed by atoms with E-state index in [1.165, 1.54) is 10.9 Å². The first kappa shape index (κ1) is 11.9. The Morgan fingerprint density at radius 3 is 2.88 bits per heavy atom. The van der Waals surface area contributed by atoms with Crippen LogP contribution in [0.2, 0.25) is 0 Å². The number of rotatable bonds is 3. The van der Waals surface area contributed by atoms with E-state index in [2.05, 4.69) is 17.0 Å². The molecule has 0 aliphatic carbocycles. The molecule has 1 aliphatic heterocycles. The van der Waals surface area contributed by atoms with Crippen LogP contribution < -0.4 is 5.73 Å². The average Bonchev–Trinajstić information content (AvgIpc) is 2.67. The molecule has 1 saturated heterocycles. The molecule has 1 aliphatic rings. The van der Waals surface area contributed by atoms with Crippen LogP contribution in [0.1, 0.15) is 12.8 Å². The van der Waals surface area contributed by atoms with Crippen molar-refractivity contribution in [2.24, 2.45) is 0 Å². The summed E-state index contributed by atoms with van der Waals surface area (Å²) in [4.78, 5) is 13.9. The van der Waals surface area contributed by atoms with Crippen LogP contribution in [0.5, 0.6) is 0 Å². The summed E-state index contributed by atoms with van der Waals surface area (Å²) in [6, 6.07) is 0. The van der Waals surface area contributed by atoms with E-state index >= 15 is 0 Å². The van der Waals surface area contributed by atoms with E-state index in [4.69, 9.17) is 10.5 Å². The molecule has 1 fully saturated rings. The summed E-state index contributed by atoms with van der Waals surface area (Å²) in [7, 11) is 2.07. The van der Waals surface area contributed by atoms with Gasteiger partial charge in [-0.1, -0.05) is 0 Å². The predicted octanol–water partition coefficient (Wildman–Crippen LogP) is 0.103. The zero-order valence-electron chi connectivity index (χ0n) is 10.0. The topological polar surface area (TPSA) is 73.4 Å². The van der Waals surface area contributed by atoms with Gasteiger partial charge in [-0.2, -0.15) is 5.10 Å². The molecular formula is C11H18N4O2. The average molecular weight is 238 g/mol. The molecule has 0 radical (unpaired) electrons. The Labute approximate surface area is 100 Å². The van der Waals surface area contributed by atoms with Gasteiger partial charge in [-0.05, 0) is 19.9 Å². The number of aromatic nitrogens is 2. The molecule has 2 rings (SSSR count). The monoisotopic (exact) mass is 238 g/mol. The Bertz CT molecular complexity index is 383. The van der Waals surface area contributed by atoms with Crippen molar-refractivity contribution in [3.8, 4) is 0 Å². The number of esters is 1. The third-order valence-electron chi connectivity index (χ3n) is 2.91. The van der Waals surface area contributed by atoms with Crippen molar-refractivity contribution in [1.82, 2.24) is 14.7 Å². The molecule has 0 spiro atoms. The second-order valence-corrected chi connectivity index (χ2v) is 4.46. The van der Waals surface area contributed by atoms with Gasteiger partial charge >= 0.3 is 5.97 Å². The summed E-state index contributed by atoms with van der Waals surface area (Å²) in [5.74, 6) is -0.248. The van der Waals surface area contributed by atoms with Gasteiger partial charge in [0.15, 0.2) is 0 Å². The van der Waals surface area contributed by atoms with Gasteiger partial charge in [-0.3, -0.25) is 9.48 Å². The summed E-state index contributed by atoms with van der Waals surface area (Å²) >= 11 is 0. The lowest BCUT2D eigenvalue weighted by atomic mass is 10.1. The van der Waals surface area contributed by atoms with Gasteiger partial charge in [0, 0.05) is 19.3 Å². The molecule has 94 valence electrons. The fourth-order valence-electron chi connectivity index (χ4n) is 1.92. The van der Waals surface area contributed by atoms with E-state index in [1.807, 2.05) is 0 Å². The number of carbonyl (C=O) groups excluding carboxylic acids is 1. The van der Waals surface area contributed by atoms with E-state index < -0.39 is 0 Å². The second-order valence-electron chi connectivity index (χ2n) is 4.46. The molecule has 0 amide bonds. The molecular weight excluding hydrogens is 220 g/mol. The Hall–Kier alpha value is -1.56. The van der Waals surface area contributed by atoms with Crippen molar-refractivity contribution >= 4 is 11.7 Å². The molecule has 0 atom stereocenters. The first-order valence-corrected chi connectivity index (χ1v) is 5.79. The van der Waals surface area contributed by atoms with Crippen molar-refractivity contribution < 1.29 is 9.53 Å². The molecule has 0 aromatic carbocycles. The van der Waals surface area contributed by atoms with Crippen LogP contribution in [-0.4, -0.2) is 46.9 Å². The molecule has 17 heavy (non-hydrogen) atoms.